The normalized spacial score (nSPS) is 11.3. The summed E-state index contributed by atoms with van der Waals surface area (Å²) in [5, 5.41) is 3.09. The maximum Gasteiger partial charge on any atom is 0.193 e. The molecule has 0 aliphatic carbocycles. The summed E-state index contributed by atoms with van der Waals surface area (Å²) < 4.78 is 0. The number of guanidine groups is 1. The van der Waals surface area contributed by atoms with Crippen LogP contribution in [0, 0.1) is 0 Å². The largest absolute Gasteiger partial charge is 0.370 e. The van der Waals surface area contributed by atoms with Crippen LogP contribution in [0.25, 0.3) is 0 Å². The Morgan fingerprint density at radius 2 is 1.67 bits per heavy atom. The number of anilines is 1. The lowest BCUT2D eigenvalue weighted by Crippen LogP contribution is -2.22. The fraction of sp³-hybridized carbons (Fsp3) is 0.562. The van der Waals surface area contributed by atoms with Crippen molar-refractivity contribution in [2.45, 2.75) is 32.1 Å². The maximum atomic E-state index is 5.83. The summed E-state index contributed by atoms with van der Waals surface area (Å²) >= 11 is 0. The quantitative estimate of drug-likeness (QED) is 0.287. The molecule has 0 spiro atoms. The van der Waals surface area contributed by atoms with Crippen molar-refractivity contribution in [3.63, 3.8) is 0 Å². The van der Waals surface area contributed by atoms with E-state index in [9.17, 15) is 0 Å². The SMILES string of the molecule is CN(C)CCCCCCCN=C(N)Nc1ccccc1.I. The maximum absolute atomic E-state index is 5.83. The monoisotopic (exact) mass is 404 g/mol. The van der Waals surface area contributed by atoms with Gasteiger partial charge in [-0.2, -0.15) is 0 Å². The molecule has 5 heteroatoms. The van der Waals surface area contributed by atoms with Crippen LogP contribution >= 0.6 is 24.0 Å². The highest BCUT2D eigenvalue weighted by Gasteiger charge is 1.94. The number of hydrogen-bond acceptors (Lipinski definition) is 2. The highest BCUT2D eigenvalue weighted by molar-refractivity contribution is 14.0. The molecule has 0 aromatic heterocycles. The molecule has 0 radical (unpaired) electrons. The predicted octanol–water partition coefficient (Wildman–Crippen LogP) is 3.54. The predicted molar refractivity (Wildman–Crippen MR) is 104 cm³/mol. The fourth-order valence-electron chi connectivity index (χ4n) is 1.98. The number of para-hydroxylation sites is 1. The Kier molecular flexibility index (Phi) is 12.4. The lowest BCUT2D eigenvalue weighted by Gasteiger charge is -2.08. The molecule has 0 heterocycles. The molecule has 0 aliphatic heterocycles. The first kappa shape index (κ1) is 20.2. The highest BCUT2D eigenvalue weighted by atomic mass is 127. The summed E-state index contributed by atoms with van der Waals surface area (Å²) in [6.07, 6.45) is 6.22. The van der Waals surface area contributed by atoms with Crippen molar-refractivity contribution in [2.24, 2.45) is 10.7 Å². The number of nitrogens with two attached hydrogens (primary N) is 1. The third-order valence-electron chi connectivity index (χ3n) is 3.09. The molecule has 0 bridgehead atoms. The van der Waals surface area contributed by atoms with E-state index >= 15 is 0 Å². The van der Waals surface area contributed by atoms with E-state index < -0.39 is 0 Å². The summed E-state index contributed by atoms with van der Waals surface area (Å²) in [6, 6.07) is 9.89. The van der Waals surface area contributed by atoms with Gasteiger partial charge in [0.1, 0.15) is 0 Å². The van der Waals surface area contributed by atoms with Crippen LogP contribution in [0.4, 0.5) is 5.69 Å². The van der Waals surface area contributed by atoms with Gasteiger partial charge in [-0.05, 0) is 45.6 Å². The minimum atomic E-state index is 0. The van der Waals surface area contributed by atoms with Gasteiger partial charge in [-0.3, -0.25) is 4.99 Å². The molecule has 4 nitrogen and oxygen atoms in total. The van der Waals surface area contributed by atoms with E-state index in [1.807, 2.05) is 30.3 Å². The van der Waals surface area contributed by atoms with Gasteiger partial charge in [0.15, 0.2) is 5.96 Å². The number of aliphatic imine (C=N–C) groups is 1. The number of unbranched alkanes of at least 4 members (excludes halogenated alkanes) is 4. The second kappa shape index (κ2) is 12.9. The first-order valence-corrected chi connectivity index (χ1v) is 7.45. The fourth-order valence-corrected chi connectivity index (χ4v) is 1.98. The second-order valence-corrected chi connectivity index (χ2v) is 5.33. The van der Waals surface area contributed by atoms with Crippen LogP contribution in [0.2, 0.25) is 0 Å². The number of nitrogens with one attached hydrogen (secondary N) is 1. The van der Waals surface area contributed by atoms with Crippen LogP contribution in [0.1, 0.15) is 32.1 Å². The van der Waals surface area contributed by atoms with Crippen molar-refractivity contribution < 1.29 is 0 Å². The van der Waals surface area contributed by atoms with Gasteiger partial charge >= 0.3 is 0 Å². The van der Waals surface area contributed by atoms with Gasteiger partial charge in [0.2, 0.25) is 0 Å². The molecule has 0 fully saturated rings. The average Bonchev–Trinajstić information content (AvgIpc) is 2.42. The Bertz CT molecular complexity index is 379. The van der Waals surface area contributed by atoms with Gasteiger partial charge in [-0.25, -0.2) is 0 Å². The molecule has 0 atom stereocenters. The van der Waals surface area contributed by atoms with Crippen molar-refractivity contribution in [3.05, 3.63) is 30.3 Å². The second-order valence-electron chi connectivity index (χ2n) is 5.33. The van der Waals surface area contributed by atoms with Gasteiger partial charge in [0, 0.05) is 12.2 Å². The van der Waals surface area contributed by atoms with E-state index in [0.29, 0.717) is 5.96 Å². The molecular formula is C16H29IN4. The Balaban J connectivity index is 0.00000400. The average molecular weight is 404 g/mol. The summed E-state index contributed by atoms with van der Waals surface area (Å²) in [5.74, 6) is 0.504. The van der Waals surface area contributed by atoms with Crippen LogP contribution in [-0.4, -0.2) is 38.0 Å². The number of rotatable bonds is 9. The lowest BCUT2D eigenvalue weighted by atomic mass is 10.1. The zero-order valence-electron chi connectivity index (χ0n) is 13.2. The summed E-state index contributed by atoms with van der Waals surface area (Å²) in [7, 11) is 4.24. The van der Waals surface area contributed by atoms with Gasteiger partial charge in [0.05, 0.1) is 0 Å². The molecule has 120 valence electrons. The van der Waals surface area contributed by atoms with Gasteiger partial charge in [-0.15, -0.1) is 24.0 Å². The third-order valence-corrected chi connectivity index (χ3v) is 3.09. The van der Waals surface area contributed by atoms with E-state index in [-0.39, 0.29) is 24.0 Å². The number of benzene rings is 1. The first-order valence-electron chi connectivity index (χ1n) is 7.45. The van der Waals surface area contributed by atoms with E-state index in [1.54, 1.807) is 0 Å². The standard InChI is InChI=1S/C16H28N4.HI/c1-20(2)14-10-5-3-4-9-13-18-16(17)19-15-11-7-6-8-12-15;/h6-8,11-12H,3-5,9-10,13-14H2,1-2H3,(H3,17,18,19);1H. The molecule has 1 aromatic rings. The van der Waals surface area contributed by atoms with E-state index in [0.717, 1.165) is 18.7 Å². The Morgan fingerprint density at radius 1 is 1.05 bits per heavy atom. The van der Waals surface area contributed by atoms with E-state index in [4.69, 9.17) is 5.73 Å². The van der Waals surface area contributed by atoms with Gasteiger partial charge in [0.25, 0.3) is 0 Å². The molecule has 0 saturated carbocycles. The topological polar surface area (TPSA) is 53.6 Å². The molecule has 1 rings (SSSR count). The van der Waals surface area contributed by atoms with Gasteiger partial charge in [-0.1, -0.05) is 37.5 Å². The number of hydrogen-bond donors (Lipinski definition) is 2. The molecule has 3 N–H and O–H groups in total. The van der Waals surface area contributed by atoms with Crippen molar-refractivity contribution in [1.29, 1.82) is 0 Å². The van der Waals surface area contributed by atoms with Crippen LogP contribution in [0.15, 0.2) is 35.3 Å². The Morgan fingerprint density at radius 3 is 2.33 bits per heavy atom. The van der Waals surface area contributed by atoms with Crippen molar-refractivity contribution in [1.82, 2.24) is 4.90 Å². The van der Waals surface area contributed by atoms with E-state index in [2.05, 4.69) is 29.3 Å². The van der Waals surface area contributed by atoms with E-state index in [1.165, 1.54) is 32.2 Å². The first-order chi connectivity index (χ1) is 9.68. The molecule has 1 aromatic carbocycles. The molecule has 0 amide bonds. The lowest BCUT2D eigenvalue weighted by molar-refractivity contribution is 0.390. The Hall–Kier alpha value is -0.820. The minimum absolute atomic E-state index is 0. The van der Waals surface area contributed by atoms with Gasteiger partial charge < -0.3 is 16.0 Å². The van der Waals surface area contributed by atoms with Crippen LogP contribution in [0.5, 0.6) is 0 Å². The van der Waals surface area contributed by atoms with Crippen molar-refractivity contribution >= 4 is 35.6 Å². The van der Waals surface area contributed by atoms with Crippen LogP contribution in [0.3, 0.4) is 0 Å². The number of nitrogens with zero attached hydrogens (tertiary/aromatic N) is 2. The Labute approximate surface area is 146 Å². The zero-order valence-corrected chi connectivity index (χ0v) is 15.5. The van der Waals surface area contributed by atoms with Crippen LogP contribution < -0.4 is 11.1 Å². The zero-order chi connectivity index (χ0) is 14.6. The molecule has 0 unspecified atom stereocenters. The third kappa shape index (κ3) is 11.5. The summed E-state index contributed by atoms with van der Waals surface area (Å²) in [6.45, 7) is 1.99. The van der Waals surface area contributed by atoms with Crippen molar-refractivity contribution in [3.8, 4) is 0 Å². The highest BCUT2D eigenvalue weighted by Crippen LogP contribution is 2.05. The molecule has 0 aliphatic rings. The minimum Gasteiger partial charge on any atom is -0.370 e. The molecule has 21 heavy (non-hydrogen) atoms. The van der Waals surface area contributed by atoms with Crippen LogP contribution in [-0.2, 0) is 0 Å². The smallest absolute Gasteiger partial charge is 0.193 e. The summed E-state index contributed by atoms with van der Waals surface area (Å²) in [5.41, 5.74) is 6.82. The van der Waals surface area contributed by atoms with Crippen molar-refractivity contribution in [2.75, 3.05) is 32.5 Å². The summed E-state index contributed by atoms with van der Waals surface area (Å²) in [4.78, 5) is 6.58. The molecular weight excluding hydrogens is 375 g/mol. The molecule has 0 saturated heterocycles. The number of halogens is 1.